The van der Waals surface area contributed by atoms with E-state index in [0.717, 1.165) is 12.1 Å². The third-order valence-corrected chi connectivity index (χ3v) is 4.27. The number of halogens is 4. The van der Waals surface area contributed by atoms with E-state index in [1.165, 1.54) is 6.07 Å². The van der Waals surface area contributed by atoms with E-state index in [4.69, 9.17) is 16.7 Å². The molecule has 5 nitrogen and oxygen atoms in total. The monoisotopic (exact) mass is 364 g/mol. The Kier molecular flexibility index (Phi) is 5.58. The van der Waals surface area contributed by atoms with Crippen molar-refractivity contribution < 1.29 is 27.9 Å². The van der Waals surface area contributed by atoms with Gasteiger partial charge in [0, 0.05) is 11.7 Å². The van der Waals surface area contributed by atoms with Crippen molar-refractivity contribution in [3.63, 3.8) is 0 Å². The molecule has 2 amide bonds. The third-order valence-electron chi connectivity index (χ3n) is 3.94. The van der Waals surface area contributed by atoms with Crippen LogP contribution < -0.4 is 10.6 Å². The molecule has 0 unspecified atom stereocenters. The van der Waals surface area contributed by atoms with Crippen LogP contribution in [0.4, 0.5) is 23.7 Å². The Morgan fingerprint density at radius 3 is 2.33 bits per heavy atom. The fourth-order valence-electron chi connectivity index (χ4n) is 2.66. The summed E-state index contributed by atoms with van der Waals surface area (Å²) in [5.74, 6) is -1.25. The molecule has 0 heterocycles. The van der Waals surface area contributed by atoms with Crippen LogP contribution in [0.1, 0.15) is 31.2 Å². The average molecular weight is 365 g/mol. The molecule has 1 fully saturated rings. The van der Waals surface area contributed by atoms with Crippen LogP contribution in [0.3, 0.4) is 0 Å². The van der Waals surface area contributed by atoms with Crippen LogP contribution in [0.25, 0.3) is 0 Å². The fourth-order valence-corrected chi connectivity index (χ4v) is 2.88. The molecule has 1 aromatic rings. The van der Waals surface area contributed by atoms with Crippen molar-refractivity contribution in [2.75, 3.05) is 5.32 Å². The highest BCUT2D eigenvalue weighted by molar-refractivity contribution is 6.31. The Labute approximate surface area is 141 Å². The van der Waals surface area contributed by atoms with Gasteiger partial charge in [-0.2, -0.15) is 13.2 Å². The van der Waals surface area contributed by atoms with Crippen molar-refractivity contribution in [2.45, 2.75) is 37.9 Å². The maximum Gasteiger partial charge on any atom is 0.417 e. The van der Waals surface area contributed by atoms with Crippen LogP contribution in [-0.2, 0) is 11.0 Å². The van der Waals surface area contributed by atoms with Gasteiger partial charge in [-0.15, -0.1) is 0 Å². The zero-order chi connectivity index (χ0) is 17.9. The smallest absolute Gasteiger partial charge is 0.417 e. The van der Waals surface area contributed by atoms with E-state index in [0.29, 0.717) is 25.7 Å². The maximum absolute atomic E-state index is 12.8. The molecule has 9 heteroatoms. The number of benzene rings is 1. The van der Waals surface area contributed by atoms with E-state index >= 15 is 0 Å². The van der Waals surface area contributed by atoms with Gasteiger partial charge < -0.3 is 15.7 Å². The van der Waals surface area contributed by atoms with Crippen molar-refractivity contribution >= 4 is 29.3 Å². The van der Waals surface area contributed by atoms with E-state index in [-0.39, 0.29) is 11.7 Å². The molecule has 0 atom stereocenters. The summed E-state index contributed by atoms with van der Waals surface area (Å²) in [6, 6.07) is 2.28. The Morgan fingerprint density at radius 2 is 1.79 bits per heavy atom. The number of urea groups is 1. The van der Waals surface area contributed by atoms with E-state index in [1.54, 1.807) is 0 Å². The predicted octanol–water partition coefficient (Wildman–Crippen LogP) is 4.12. The number of hydrogen-bond acceptors (Lipinski definition) is 2. The third kappa shape index (κ3) is 4.77. The molecule has 1 saturated carbocycles. The molecule has 1 aliphatic rings. The number of nitrogens with one attached hydrogen (secondary N) is 2. The van der Waals surface area contributed by atoms with Crippen LogP contribution in [0.5, 0.6) is 0 Å². The minimum atomic E-state index is -4.61. The number of carbonyl (C=O) groups excluding carboxylic acids is 1. The molecule has 1 aromatic carbocycles. The quantitative estimate of drug-likeness (QED) is 0.754. The number of carboxylic acids is 1. The highest BCUT2D eigenvalue weighted by Gasteiger charge is 2.33. The lowest BCUT2D eigenvalue weighted by Crippen LogP contribution is -2.41. The summed E-state index contributed by atoms with van der Waals surface area (Å²) in [4.78, 5) is 22.8. The van der Waals surface area contributed by atoms with Gasteiger partial charge in [0.05, 0.1) is 16.5 Å². The molecule has 0 radical (unpaired) electrons. The van der Waals surface area contributed by atoms with Gasteiger partial charge in [0.25, 0.3) is 0 Å². The lowest BCUT2D eigenvalue weighted by molar-refractivity contribution is -0.143. The second kappa shape index (κ2) is 7.29. The molecule has 0 aliphatic heterocycles. The number of aliphatic carboxylic acids is 1. The summed E-state index contributed by atoms with van der Waals surface area (Å²) in [5, 5.41) is 13.4. The molecule has 0 bridgehead atoms. The molecule has 24 heavy (non-hydrogen) atoms. The first-order valence-electron chi connectivity index (χ1n) is 7.34. The summed E-state index contributed by atoms with van der Waals surface area (Å²) in [5.41, 5.74) is -1.05. The van der Waals surface area contributed by atoms with Gasteiger partial charge in [0.1, 0.15) is 0 Å². The van der Waals surface area contributed by atoms with Gasteiger partial charge in [-0.05, 0) is 43.9 Å². The molecule has 0 spiro atoms. The minimum Gasteiger partial charge on any atom is -0.481 e. The topological polar surface area (TPSA) is 78.4 Å². The molecule has 132 valence electrons. The van der Waals surface area contributed by atoms with Gasteiger partial charge in [0.2, 0.25) is 0 Å². The average Bonchev–Trinajstić information content (AvgIpc) is 2.48. The number of carboxylic acid groups (broad SMARTS) is 1. The van der Waals surface area contributed by atoms with Crippen LogP contribution >= 0.6 is 11.6 Å². The van der Waals surface area contributed by atoms with Gasteiger partial charge in [-0.25, -0.2) is 4.79 Å². The molecular formula is C15H16ClF3N2O3. The van der Waals surface area contributed by atoms with Crippen LogP contribution in [-0.4, -0.2) is 23.1 Å². The van der Waals surface area contributed by atoms with Gasteiger partial charge in [-0.3, -0.25) is 4.79 Å². The van der Waals surface area contributed by atoms with Gasteiger partial charge in [-0.1, -0.05) is 11.6 Å². The van der Waals surface area contributed by atoms with E-state index in [9.17, 15) is 22.8 Å². The SMILES string of the molecule is O=C(Nc1ccc(Cl)c(C(F)(F)F)c1)NC1CCC(C(=O)O)CC1. The number of alkyl halides is 3. The molecule has 3 N–H and O–H groups in total. The number of amides is 2. The highest BCUT2D eigenvalue weighted by Crippen LogP contribution is 2.36. The normalized spacial score (nSPS) is 21.2. The Balaban J connectivity index is 1.93. The Hall–Kier alpha value is -1.96. The van der Waals surface area contributed by atoms with Crippen LogP contribution in [0, 0.1) is 5.92 Å². The molecule has 1 aliphatic carbocycles. The van der Waals surface area contributed by atoms with Crippen molar-refractivity contribution in [1.82, 2.24) is 5.32 Å². The molecular weight excluding hydrogens is 349 g/mol. The first-order valence-corrected chi connectivity index (χ1v) is 7.71. The number of anilines is 1. The maximum atomic E-state index is 12.8. The van der Waals surface area contributed by atoms with E-state index in [1.807, 2.05) is 0 Å². The molecule has 2 rings (SSSR count). The van der Waals surface area contributed by atoms with Crippen molar-refractivity contribution in [2.24, 2.45) is 5.92 Å². The van der Waals surface area contributed by atoms with E-state index in [2.05, 4.69) is 10.6 Å². The summed E-state index contributed by atoms with van der Waals surface area (Å²) in [6.07, 6.45) is -2.67. The van der Waals surface area contributed by atoms with Crippen LogP contribution in [0.2, 0.25) is 5.02 Å². The first-order chi connectivity index (χ1) is 11.2. The first kappa shape index (κ1) is 18.4. The standard InChI is InChI=1S/C15H16ClF3N2O3/c16-12-6-5-10(7-11(12)15(17,18)19)21-14(24)20-9-3-1-8(2-4-9)13(22)23/h5-9H,1-4H2,(H,22,23)(H2,20,21,24). The second-order valence-electron chi connectivity index (χ2n) is 5.68. The van der Waals surface area contributed by atoms with Crippen molar-refractivity contribution in [3.8, 4) is 0 Å². The van der Waals surface area contributed by atoms with E-state index < -0.39 is 34.7 Å². The predicted molar refractivity (Wildman–Crippen MR) is 82.0 cm³/mol. The number of carbonyl (C=O) groups is 2. The lowest BCUT2D eigenvalue weighted by atomic mass is 9.86. The van der Waals surface area contributed by atoms with Crippen LogP contribution in [0.15, 0.2) is 18.2 Å². The Bertz CT molecular complexity index is 629. The van der Waals surface area contributed by atoms with Gasteiger partial charge in [0.15, 0.2) is 0 Å². The Morgan fingerprint density at radius 1 is 1.17 bits per heavy atom. The minimum absolute atomic E-state index is 0.0246. The number of hydrogen-bond donors (Lipinski definition) is 3. The highest BCUT2D eigenvalue weighted by atomic mass is 35.5. The zero-order valence-corrected chi connectivity index (χ0v) is 13.2. The lowest BCUT2D eigenvalue weighted by Gasteiger charge is -2.26. The molecule has 0 aromatic heterocycles. The largest absolute Gasteiger partial charge is 0.481 e. The summed E-state index contributed by atoms with van der Waals surface area (Å²) in [6.45, 7) is 0. The molecule has 0 saturated heterocycles. The summed E-state index contributed by atoms with van der Waals surface area (Å²) >= 11 is 5.52. The summed E-state index contributed by atoms with van der Waals surface area (Å²) in [7, 11) is 0. The van der Waals surface area contributed by atoms with Crippen molar-refractivity contribution in [3.05, 3.63) is 28.8 Å². The van der Waals surface area contributed by atoms with Gasteiger partial charge >= 0.3 is 18.2 Å². The fraction of sp³-hybridized carbons (Fsp3) is 0.467. The summed E-state index contributed by atoms with van der Waals surface area (Å²) < 4.78 is 38.3. The zero-order valence-electron chi connectivity index (χ0n) is 12.5. The number of rotatable bonds is 3. The second-order valence-corrected chi connectivity index (χ2v) is 6.08. The van der Waals surface area contributed by atoms with Crippen molar-refractivity contribution in [1.29, 1.82) is 0 Å².